The van der Waals surface area contributed by atoms with Crippen molar-refractivity contribution in [1.29, 1.82) is 0 Å². The van der Waals surface area contributed by atoms with Gasteiger partial charge in [0.1, 0.15) is 6.04 Å². The lowest BCUT2D eigenvalue weighted by molar-refractivity contribution is -0.126. The van der Waals surface area contributed by atoms with Crippen LogP contribution in [0.25, 0.3) is 0 Å². The zero-order valence-electron chi connectivity index (χ0n) is 16.1. The Balaban J connectivity index is 1.94. The van der Waals surface area contributed by atoms with Gasteiger partial charge in [-0.1, -0.05) is 54.6 Å². The van der Waals surface area contributed by atoms with Gasteiger partial charge < -0.3 is 10.2 Å². The lowest BCUT2D eigenvalue weighted by Crippen LogP contribution is -2.46. The Morgan fingerprint density at radius 1 is 1.32 bits per heavy atom. The van der Waals surface area contributed by atoms with E-state index < -0.39 is 6.04 Å². The van der Waals surface area contributed by atoms with Crippen LogP contribution in [-0.4, -0.2) is 38.9 Å². The van der Waals surface area contributed by atoms with Crippen molar-refractivity contribution in [1.82, 2.24) is 19.8 Å². The van der Waals surface area contributed by atoms with E-state index in [-0.39, 0.29) is 30.1 Å². The van der Waals surface area contributed by atoms with Gasteiger partial charge in [0.2, 0.25) is 5.91 Å². The fraction of sp³-hybridized carbons (Fsp3) is 0.429. The molecule has 1 aliphatic rings. The minimum absolute atomic E-state index is 0.158. The molecular formula is C21H26N4O2S. The monoisotopic (exact) mass is 398 g/mol. The van der Waals surface area contributed by atoms with Crippen LogP contribution in [0.3, 0.4) is 0 Å². The molecule has 0 spiro atoms. The van der Waals surface area contributed by atoms with Gasteiger partial charge in [-0.15, -0.1) is 11.7 Å². The van der Waals surface area contributed by atoms with Crippen molar-refractivity contribution in [3.63, 3.8) is 0 Å². The van der Waals surface area contributed by atoms with Gasteiger partial charge in [0.05, 0.1) is 0 Å². The van der Waals surface area contributed by atoms with Crippen LogP contribution in [-0.2, 0) is 11.2 Å². The SMILES string of the molecule is C=CCN(C(=O)c1csnn1)[C@@H](C(=O)NC1CCCC1)c1ccc(CC)cc1. The molecule has 148 valence electrons. The summed E-state index contributed by atoms with van der Waals surface area (Å²) in [6.07, 6.45) is 6.77. The minimum atomic E-state index is -0.737. The van der Waals surface area contributed by atoms with Gasteiger partial charge in [0.15, 0.2) is 5.69 Å². The number of aryl methyl sites for hydroxylation is 1. The number of rotatable bonds is 8. The van der Waals surface area contributed by atoms with Crippen molar-refractivity contribution in [3.05, 3.63) is 59.1 Å². The molecule has 1 saturated carbocycles. The molecule has 6 nitrogen and oxygen atoms in total. The Hall–Kier alpha value is -2.54. The van der Waals surface area contributed by atoms with E-state index >= 15 is 0 Å². The molecule has 0 radical (unpaired) electrons. The van der Waals surface area contributed by atoms with Gasteiger partial charge in [0.25, 0.3) is 5.91 Å². The zero-order valence-corrected chi connectivity index (χ0v) is 17.0. The van der Waals surface area contributed by atoms with E-state index in [9.17, 15) is 9.59 Å². The molecule has 1 atom stereocenters. The van der Waals surface area contributed by atoms with Gasteiger partial charge in [-0.25, -0.2) is 0 Å². The lowest BCUT2D eigenvalue weighted by atomic mass is 10.0. The topological polar surface area (TPSA) is 75.2 Å². The number of hydrogen-bond donors (Lipinski definition) is 1. The molecule has 0 aliphatic heterocycles. The van der Waals surface area contributed by atoms with E-state index in [1.54, 1.807) is 11.5 Å². The fourth-order valence-electron chi connectivity index (χ4n) is 3.61. The van der Waals surface area contributed by atoms with Crippen LogP contribution in [0.4, 0.5) is 0 Å². The average Bonchev–Trinajstić information content (AvgIpc) is 3.42. The molecule has 1 N–H and O–H groups in total. The first-order valence-corrected chi connectivity index (χ1v) is 10.6. The summed E-state index contributed by atoms with van der Waals surface area (Å²) in [6.45, 7) is 6.10. The highest BCUT2D eigenvalue weighted by Gasteiger charge is 2.33. The Morgan fingerprint density at radius 2 is 2.04 bits per heavy atom. The molecule has 2 amide bonds. The van der Waals surface area contributed by atoms with E-state index in [2.05, 4.69) is 28.4 Å². The number of benzene rings is 1. The number of hydrogen-bond acceptors (Lipinski definition) is 5. The molecule has 0 unspecified atom stereocenters. The predicted octanol–water partition coefficient (Wildman–Crippen LogP) is 3.53. The minimum Gasteiger partial charge on any atom is -0.351 e. The first-order chi connectivity index (χ1) is 13.6. The van der Waals surface area contributed by atoms with Crippen LogP contribution in [0.15, 0.2) is 42.3 Å². The van der Waals surface area contributed by atoms with E-state index in [4.69, 9.17) is 0 Å². The zero-order chi connectivity index (χ0) is 19.9. The number of aromatic nitrogens is 2. The molecule has 0 bridgehead atoms. The maximum atomic E-state index is 13.3. The summed E-state index contributed by atoms with van der Waals surface area (Å²) >= 11 is 1.12. The molecule has 1 aromatic carbocycles. The van der Waals surface area contributed by atoms with Crippen LogP contribution < -0.4 is 5.32 Å². The molecular weight excluding hydrogens is 372 g/mol. The number of nitrogens with zero attached hydrogens (tertiary/aromatic N) is 3. The third kappa shape index (κ3) is 4.65. The molecule has 28 heavy (non-hydrogen) atoms. The molecule has 1 aromatic heterocycles. The number of nitrogens with one attached hydrogen (secondary N) is 1. The normalized spacial score (nSPS) is 15.2. The molecule has 3 rings (SSSR count). The van der Waals surface area contributed by atoms with E-state index in [1.165, 1.54) is 10.5 Å². The molecule has 1 aliphatic carbocycles. The van der Waals surface area contributed by atoms with Crippen LogP contribution in [0, 0.1) is 0 Å². The second-order valence-electron chi connectivity index (χ2n) is 7.02. The maximum Gasteiger partial charge on any atom is 0.276 e. The summed E-state index contributed by atoms with van der Waals surface area (Å²) in [5.41, 5.74) is 2.21. The van der Waals surface area contributed by atoms with Crippen molar-refractivity contribution in [2.24, 2.45) is 0 Å². The molecule has 1 heterocycles. The summed E-state index contributed by atoms with van der Waals surface area (Å²) in [5, 5.41) is 8.64. The molecule has 1 fully saturated rings. The van der Waals surface area contributed by atoms with Crippen LogP contribution in [0.1, 0.15) is 60.3 Å². The Labute approximate surface area is 169 Å². The van der Waals surface area contributed by atoms with E-state index in [1.807, 2.05) is 24.3 Å². The van der Waals surface area contributed by atoms with Gasteiger partial charge in [-0.05, 0) is 41.9 Å². The smallest absolute Gasteiger partial charge is 0.276 e. The van der Waals surface area contributed by atoms with Crippen molar-refractivity contribution in [2.45, 2.75) is 51.1 Å². The highest BCUT2D eigenvalue weighted by Crippen LogP contribution is 2.26. The summed E-state index contributed by atoms with van der Waals surface area (Å²) < 4.78 is 3.79. The summed E-state index contributed by atoms with van der Waals surface area (Å²) in [5.74, 6) is -0.477. The van der Waals surface area contributed by atoms with Crippen molar-refractivity contribution < 1.29 is 9.59 Å². The van der Waals surface area contributed by atoms with E-state index in [0.717, 1.165) is 49.2 Å². The molecule has 2 aromatic rings. The number of carbonyl (C=O) groups excluding carboxylic acids is 2. The second-order valence-corrected chi connectivity index (χ2v) is 7.63. The van der Waals surface area contributed by atoms with Crippen molar-refractivity contribution in [2.75, 3.05) is 6.54 Å². The van der Waals surface area contributed by atoms with Gasteiger partial charge in [-0.3, -0.25) is 9.59 Å². The molecule has 0 saturated heterocycles. The second kappa shape index (κ2) is 9.59. The number of amides is 2. The van der Waals surface area contributed by atoms with Crippen molar-refractivity contribution >= 4 is 23.3 Å². The Kier molecular flexibility index (Phi) is 6.92. The third-order valence-corrected chi connectivity index (χ3v) is 5.64. The largest absolute Gasteiger partial charge is 0.351 e. The fourth-order valence-corrected chi connectivity index (χ4v) is 4.04. The Bertz CT molecular complexity index is 798. The van der Waals surface area contributed by atoms with Crippen LogP contribution >= 0.6 is 11.5 Å². The first-order valence-electron chi connectivity index (χ1n) is 9.72. The predicted molar refractivity (Wildman–Crippen MR) is 110 cm³/mol. The summed E-state index contributed by atoms with van der Waals surface area (Å²) in [4.78, 5) is 27.9. The van der Waals surface area contributed by atoms with Gasteiger partial charge >= 0.3 is 0 Å². The molecule has 7 heteroatoms. The standard InChI is InChI=1S/C21H26N4O2S/c1-3-13-25(21(27)18-14-28-24-23-18)19(16-11-9-15(4-2)10-12-16)20(26)22-17-7-5-6-8-17/h3,9-12,14,17,19H,1,4-8,13H2,2H3,(H,22,26)/t19-/m1/s1. The third-order valence-electron chi connectivity index (χ3n) is 5.13. The summed E-state index contributed by atoms with van der Waals surface area (Å²) in [7, 11) is 0. The van der Waals surface area contributed by atoms with Crippen LogP contribution in [0.5, 0.6) is 0 Å². The maximum absolute atomic E-state index is 13.3. The van der Waals surface area contributed by atoms with Crippen LogP contribution in [0.2, 0.25) is 0 Å². The highest BCUT2D eigenvalue weighted by atomic mass is 32.1. The highest BCUT2D eigenvalue weighted by molar-refractivity contribution is 7.03. The lowest BCUT2D eigenvalue weighted by Gasteiger charge is -2.31. The van der Waals surface area contributed by atoms with E-state index in [0.29, 0.717) is 0 Å². The summed E-state index contributed by atoms with van der Waals surface area (Å²) in [6, 6.07) is 7.31. The average molecular weight is 399 g/mol. The quantitative estimate of drug-likeness (QED) is 0.690. The van der Waals surface area contributed by atoms with Gasteiger partial charge in [0, 0.05) is 18.0 Å². The Morgan fingerprint density at radius 3 is 2.61 bits per heavy atom. The van der Waals surface area contributed by atoms with Gasteiger partial charge in [-0.2, -0.15) is 0 Å². The number of carbonyl (C=O) groups is 2. The first kappa shape index (κ1) is 20.2. The van der Waals surface area contributed by atoms with Crippen molar-refractivity contribution in [3.8, 4) is 0 Å².